The predicted octanol–water partition coefficient (Wildman–Crippen LogP) is 4.45. The zero-order chi connectivity index (χ0) is 18.1. The van der Waals surface area contributed by atoms with Crippen molar-refractivity contribution in [3.8, 4) is 16.9 Å². The van der Waals surface area contributed by atoms with Crippen molar-refractivity contribution in [2.75, 3.05) is 19.0 Å². The average Bonchev–Trinajstić information content (AvgIpc) is 2.65. The van der Waals surface area contributed by atoms with Crippen LogP contribution in [0.1, 0.15) is 36.1 Å². The number of rotatable bonds is 4. The number of fused-ring (bicyclic) bond motifs is 2. The molecule has 138 valence electrons. The minimum Gasteiger partial charge on any atom is -0.493 e. The Bertz CT molecular complexity index is 816. The highest BCUT2D eigenvalue weighted by atomic mass is 32.2. The van der Waals surface area contributed by atoms with Crippen LogP contribution in [-0.4, -0.2) is 24.0 Å². The highest BCUT2D eigenvalue weighted by molar-refractivity contribution is 7.97. The molecule has 2 aromatic rings. The van der Waals surface area contributed by atoms with Gasteiger partial charge in [-0.1, -0.05) is 24.9 Å². The van der Waals surface area contributed by atoms with E-state index in [1.54, 1.807) is 24.2 Å². The van der Waals surface area contributed by atoms with Gasteiger partial charge in [0.15, 0.2) is 0 Å². The van der Waals surface area contributed by atoms with Crippen molar-refractivity contribution in [2.24, 2.45) is 0 Å². The highest BCUT2D eigenvalue weighted by Crippen LogP contribution is 2.44. The van der Waals surface area contributed by atoms with E-state index >= 15 is 0 Å². The van der Waals surface area contributed by atoms with Crippen LogP contribution in [0.5, 0.6) is 5.75 Å². The third-order valence-electron chi connectivity index (χ3n) is 4.73. The number of aromatic nitrogens is 1. The Hall–Kier alpha value is -1.70. The van der Waals surface area contributed by atoms with Crippen LogP contribution in [0, 0.1) is 0 Å². The maximum absolute atomic E-state index is 14.3. The number of pyridine rings is 1. The van der Waals surface area contributed by atoms with E-state index in [0.717, 1.165) is 22.4 Å². The van der Waals surface area contributed by atoms with Crippen LogP contribution in [0.2, 0.25) is 0 Å². The van der Waals surface area contributed by atoms with E-state index in [0.29, 0.717) is 18.8 Å². The van der Waals surface area contributed by atoms with Crippen LogP contribution in [-0.2, 0) is 17.3 Å². The second kappa shape index (κ2) is 7.13. The Morgan fingerprint density at radius 2 is 2.23 bits per heavy atom. The molecule has 2 aliphatic heterocycles. The van der Waals surface area contributed by atoms with Crippen molar-refractivity contribution >= 4 is 11.9 Å². The summed E-state index contributed by atoms with van der Waals surface area (Å²) in [5, 5.41) is 0. The SMILES string of the molecule is CCSNC1COCc2c(-c3ccc4c(c3)C(F)(F)CCO4)cncc21. The first-order valence-corrected chi connectivity index (χ1v) is 9.66. The maximum atomic E-state index is 14.3. The summed E-state index contributed by atoms with van der Waals surface area (Å²) in [5.74, 6) is -1.67. The lowest BCUT2D eigenvalue weighted by molar-refractivity contribution is -0.0404. The van der Waals surface area contributed by atoms with Crippen LogP contribution >= 0.6 is 11.9 Å². The summed E-state index contributed by atoms with van der Waals surface area (Å²) in [7, 11) is 0. The van der Waals surface area contributed by atoms with Gasteiger partial charge in [0.1, 0.15) is 5.75 Å². The van der Waals surface area contributed by atoms with Gasteiger partial charge in [0.05, 0.1) is 37.8 Å². The minimum atomic E-state index is -2.87. The summed E-state index contributed by atoms with van der Waals surface area (Å²) >= 11 is 1.62. The minimum absolute atomic E-state index is 0.0396. The largest absolute Gasteiger partial charge is 0.493 e. The summed E-state index contributed by atoms with van der Waals surface area (Å²) in [4.78, 5) is 4.36. The number of nitrogens with zero attached hydrogens (tertiary/aromatic N) is 1. The summed E-state index contributed by atoms with van der Waals surface area (Å²) < 4.78 is 43.1. The number of alkyl halides is 2. The standard InChI is InChI=1S/C19H20F2N2O2S/c1-2-26-23-17-11-24-10-15-13(8-22-9-14(15)17)12-3-4-18-16(7-12)19(20,21)5-6-25-18/h3-4,7-9,17,23H,2,5-6,10-11H2,1H3. The number of nitrogens with one attached hydrogen (secondary N) is 1. The predicted molar refractivity (Wildman–Crippen MR) is 97.3 cm³/mol. The van der Waals surface area contributed by atoms with Gasteiger partial charge in [-0.25, -0.2) is 8.78 Å². The van der Waals surface area contributed by atoms with Crippen molar-refractivity contribution < 1.29 is 18.3 Å². The summed E-state index contributed by atoms with van der Waals surface area (Å²) in [6, 6.07) is 5.01. The van der Waals surface area contributed by atoms with Gasteiger partial charge in [0.25, 0.3) is 5.92 Å². The van der Waals surface area contributed by atoms with E-state index in [1.807, 2.05) is 12.3 Å². The summed E-state index contributed by atoms with van der Waals surface area (Å²) in [6.45, 7) is 3.14. The monoisotopic (exact) mass is 378 g/mol. The van der Waals surface area contributed by atoms with Gasteiger partial charge in [-0.2, -0.15) is 0 Å². The molecular weight excluding hydrogens is 358 g/mol. The van der Waals surface area contributed by atoms with E-state index in [4.69, 9.17) is 9.47 Å². The first kappa shape index (κ1) is 17.7. The van der Waals surface area contributed by atoms with Crippen molar-refractivity contribution in [3.63, 3.8) is 0 Å². The quantitative estimate of drug-likeness (QED) is 0.796. The highest BCUT2D eigenvalue weighted by Gasteiger charge is 2.38. The van der Waals surface area contributed by atoms with Crippen molar-refractivity contribution in [3.05, 3.63) is 47.3 Å². The Morgan fingerprint density at radius 1 is 1.35 bits per heavy atom. The molecule has 0 bridgehead atoms. The molecule has 1 N–H and O–H groups in total. The average molecular weight is 378 g/mol. The molecule has 26 heavy (non-hydrogen) atoms. The Balaban J connectivity index is 1.76. The topological polar surface area (TPSA) is 43.4 Å². The van der Waals surface area contributed by atoms with E-state index < -0.39 is 5.92 Å². The Kier molecular flexibility index (Phi) is 4.86. The van der Waals surface area contributed by atoms with Gasteiger partial charge in [-0.05, 0) is 28.8 Å². The molecule has 7 heteroatoms. The van der Waals surface area contributed by atoms with Crippen LogP contribution < -0.4 is 9.46 Å². The second-order valence-corrected chi connectivity index (χ2v) is 7.49. The first-order valence-electron chi connectivity index (χ1n) is 8.67. The number of halogens is 2. The maximum Gasteiger partial charge on any atom is 0.280 e. The number of hydrogen-bond donors (Lipinski definition) is 1. The van der Waals surface area contributed by atoms with Gasteiger partial charge < -0.3 is 9.47 Å². The summed E-state index contributed by atoms with van der Waals surface area (Å²) in [6.07, 6.45) is 3.27. The first-order chi connectivity index (χ1) is 12.6. The van der Waals surface area contributed by atoms with Crippen LogP contribution in [0.25, 0.3) is 11.1 Å². The van der Waals surface area contributed by atoms with Crippen molar-refractivity contribution in [2.45, 2.75) is 31.9 Å². The fourth-order valence-electron chi connectivity index (χ4n) is 3.40. The molecule has 4 nitrogen and oxygen atoms in total. The molecule has 0 spiro atoms. The third kappa shape index (κ3) is 3.19. The zero-order valence-electron chi connectivity index (χ0n) is 14.4. The molecule has 3 heterocycles. The van der Waals surface area contributed by atoms with E-state index in [2.05, 4.69) is 16.6 Å². The van der Waals surface area contributed by atoms with Gasteiger partial charge in [-0.15, -0.1) is 0 Å². The summed E-state index contributed by atoms with van der Waals surface area (Å²) in [5.41, 5.74) is 3.56. The Labute approximate surface area is 155 Å². The van der Waals surface area contributed by atoms with E-state index in [-0.39, 0.29) is 30.4 Å². The molecule has 0 fully saturated rings. The fraction of sp³-hybridized carbons (Fsp3) is 0.421. The van der Waals surface area contributed by atoms with Gasteiger partial charge >= 0.3 is 0 Å². The molecule has 1 unspecified atom stereocenters. The van der Waals surface area contributed by atoms with Crippen LogP contribution in [0.3, 0.4) is 0 Å². The molecular formula is C19H20F2N2O2S. The molecule has 0 aliphatic carbocycles. The van der Waals surface area contributed by atoms with Crippen molar-refractivity contribution in [1.82, 2.24) is 9.71 Å². The lowest BCUT2D eigenvalue weighted by Gasteiger charge is -2.28. The van der Waals surface area contributed by atoms with Gasteiger partial charge in [0, 0.05) is 23.7 Å². The molecule has 1 aromatic heterocycles. The smallest absolute Gasteiger partial charge is 0.280 e. The molecule has 1 aromatic carbocycles. The number of hydrogen-bond acceptors (Lipinski definition) is 5. The van der Waals surface area contributed by atoms with E-state index in [9.17, 15) is 8.78 Å². The number of ether oxygens (including phenoxy) is 2. The third-order valence-corrected chi connectivity index (χ3v) is 5.47. The van der Waals surface area contributed by atoms with Gasteiger partial charge in [-0.3, -0.25) is 9.71 Å². The van der Waals surface area contributed by atoms with Gasteiger partial charge in [0.2, 0.25) is 0 Å². The molecule has 1 atom stereocenters. The molecule has 0 radical (unpaired) electrons. The van der Waals surface area contributed by atoms with Crippen LogP contribution in [0.4, 0.5) is 8.78 Å². The van der Waals surface area contributed by atoms with Crippen molar-refractivity contribution in [1.29, 1.82) is 0 Å². The second-order valence-electron chi connectivity index (χ2n) is 6.39. The number of benzene rings is 1. The zero-order valence-corrected chi connectivity index (χ0v) is 15.2. The lowest BCUT2D eigenvalue weighted by Crippen LogP contribution is -2.26. The molecule has 0 amide bonds. The normalized spacial score (nSPS) is 20.8. The molecule has 2 aliphatic rings. The molecule has 0 saturated carbocycles. The fourth-order valence-corrected chi connectivity index (χ4v) is 3.96. The van der Waals surface area contributed by atoms with Crippen LogP contribution in [0.15, 0.2) is 30.6 Å². The Morgan fingerprint density at radius 3 is 3.08 bits per heavy atom. The molecule has 4 rings (SSSR count). The molecule has 0 saturated heterocycles. The lowest BCUT2D eigenvalue weighted by atomic mass is 9.91. The van der Waals surface area contributed by atoms with E-state index in [1.165, 1.54) is 6.07 Å².